The Balaban J connectivity index is 3.44. The Kier molecular flexibility index (Phi) is 6.13. The number of Topliss-reactive ketones (excluding diaryl/α,β-unsaturated/α-hetero) is 1. The third-order valence-electron chi connectivity index (χ3n) is 2.07. The molecule has 0 aromatic carbocycles. The van der Waals surface area contributed by atoms with Crippen LogP contribution in [-0.2, 0) is 4.79 Å². The molecule has 0 aromatic heterocycles. The highest BCUT2D eigenvalue weighted by molar-refractivity contribution is 5.78. The van der Waals surface area contributed by atoms with Gasteiger partial charge in [-0.3, -0.25) is 4.79 Å². The second kappa shape index (κ2) is 6.35. The summed E-state index contributed by atoms with van der Waals surface area (Å²) in [5, 5.41) is 0. The van der Waals surface area contributed by atoms with Crippen LogP contribution in [0.2, 0.25) is 0 Å². The molecule has 0 aromatic rings. The molecule has 0 rings (SSSR count). The van der Waals surface area contributed by atoms with E-state index in [1.807, 2.05) is 0 Å². The number of ketones is 1. The minimum Gasteiger partial charge on any atom is -0.330 e. The van der Waals surface area contributed by atoms with E-state index in [1.165, 1.54) is 0 Å². The van der Waals surface area contributed by atoms with Gasteiger partial charge in [0.15, 0.2) is 0 Å². The molecule has 1 atom stereocenters. The van der Waals surface area contributed by atoms with E-state index < -0.39 is 0 Å². The number of unbranched alkanes of at least 4 members (excludes halogenated alkanes) is 1. The molecular weight excluding hydrogens is 138 g/mol. The summed E-state index contributed by atoms with van der Waals surface area (Å²) in [4.78, 5) is 10.9. The van der Waals surface area contributed by atoms with Crippen LogP contribution in [0.25, 0.3) is 0 Å². The zero-order valence-corrected chi connectivity index (χ0v) is 7.60. The van der Waals surface area contributed by atoms with E-state index in [0.29, 0.717) is 5.78 Å². The van der Waals surface area contributed by atoms with Gasteiger partial charge in [0, 0.05) is 5.92 Å². The fourth-order valence-corrected chi connectivity index (χ4v) is 1.23. The Bertz CT molecular complexity index is 112. The standard InChI is InChI=1S/C9H19NO/c1-3-9(8(2)11)6-4-5-7-10/h9H,3-7,10H2,1-2H3. The molecule has 2 heteroatoms. The number of hydrogen-bond donors (Lipinski definition) is 1. The zero-order chi connectivity index (χ0) is 8.69. The average Bonchev–Trinajstić information content (AvgIpc) is 1.97. The van der Waals surface area contributed by atoms with Gasteiger partial charge in [-0.15, -0.1) is 0 Å². The molecule has 0 spiro atoms. The van der Waals surface area contributed by atoms with Crippen LogP contribution < -0.4 is 5.73 Å². The van der Waals surface area contributed by atoms with E-state index in [1.54, 1.807) is 6.92 Å². The van der Waals surface area contributed by atoms with E-state index in [-0.39, 0.29) is 5.92 Å². The molecule has 0 heterocycles. The van der Waals surface area contributed by atoms with Crippen molar-refractivity contribution in [1.29, 1.82) is 0 Å². The third kappa shape index (κ3) is 4.96. The smallest absolute Gasteiger partial charge is 0.132 e. The van der Waals surface area contributed by atoms with Crippen molar-refractivity contribution in [3.8, 4) is 0 Å². The van der Waals surface area contributed by atoms with Gasteiger partial charge in [-0.1, -0.05) is 13.3 Å². The molecule has 2 nitrogen and oxygen atoms in total. The predicted molar refractivity (Wildman–Crippen MR) is 47.4 cm³/mol. The van der Waals surface area contributed by atoms with Gasteiger partial charge in [-0.05, 0) is 32.7 Å². The highest BCUT2D eigenvalue weighted by Crippen LogP contribution is 2.12. The van der Waals surface area contributed by atoms with E-state index >= 15 is 0 Å². The maximum absolute atomic E-state index is 10.9. The molecule has 0 radical (unpaired) electrons. The lowest BCUT2D eigenvalue weighted by atomic mass is 9.96. The van der Waals surface area contributed by atoms with Crippen molar-refractivity contribution < 1.29 is 4.79 Å². The van der Waals surface area contributed by atoms with Crippen LogP contribution in [0.15, 0.2) is 0 Å². The first-order valence-electron chi connectivity index (χ1n) is 4.42. The molecule has 0 fully saturated rings. The Morgan fingerprint density at radius 2 is 2.09 bits per heavy atom. The van der Waals surface area contributed by atoms with Crippen LogP contribution in [0.5, 0.6) is 0 Å². The number of rotatable bonds is 6. The van der Waals surface area contributed by atoms with Crippen molar-refractivity contribution in [2.75, 3.05) is 6.54 Å². The van der Waals surface area contributed by atoms with Gasteiger partial charge in [0.2, 0.25) is 0 Å². The Morgan fingerprint density at radius 1 is 1.45 bits per heavy atom. The second-order valence-electron chi connectivity index (χ2n) is 3.00. The molecule has 66 valence electrons. The molecule has 0 bridgehead atoms. The van der Waals surface area contributed by atoms with Gasteiger partial charge in [-0.25, -0.2) is 0 Å². The summed E-state index contributed by atoms with van der Waals surface area (Å²) < 4.78 is 0. The van der Waals surface area contributed by atoms with Gasteiger partial charge in [0.25, 0.3) is 0 Å². The SMILES string of the molecule is CCC(CCCCN)C(C)=O. The summed E-state index contributed by atoms with van der Waals surface area (Å²) in [6.07, 6.45) is 4.13. The quantitative estimate of drug-likeness (QED) is 0.597. The number of nitrogens with two attached hydrogens (primary N) is 1. The summed E-state index contributed by atoms with van der Waals surface area (Å²) in [6, 6.07) is 0. The number of carbonyl (C=O) groups excluding carboxylic acids is 1. The molecule has 0 saturated heterocycles. The molecule has 11 heavy (non-hydrogen) atoms. The minimum absolute atomic E-state index is 0.279. The lowest BCUT2D eigenvalue weighted by Crippen LogP contribution is -2.10. The summed E-state index contributed by atoms with van der Waals surface area (Å²) in [5.74, 6) is 0.603. The Labute approximate surface area is 69.2 Å². The van der Waals surface area contributed by atoms with Crippen LogP contribution in [0.1, 0.15) is 39.5 Å². The maximum Gasteiger partial charge on any atom is 0.132 e. The van der Waals surface area contributed by atoms with Crippen LogP contribution in [0.4, 0.5) is 0 Å². The molecule has 1 unspecified atom stereocenters. The van der Waals surface area contributed by atoms with Crippen molar-refractivity contribution in [3.63, 3.8) is 0 Å². The summed E-state index contributed by atoms with van der Waals surface area (Å²) >= 11 is 0. The molecule has 0 aliphatic carbocycles. The molecular formula is C9H19NO. The maximum atomic E-state index is 10.9. The largest absolute Gasteiger partial charge is 0.330 e. The lowest BCUT2D eigenvalue weighted by Gasteiger charge is -2.09. The average molecular weight is 157 g/mol. The van der Waals surface area contributed by atoms with Gasteiger partial charge in [0.05, 0.1) is 0 Å². The monoisotopic (exact) mass is 157 g/mol. The van der Waals surface area contributed by atoms with E-state index in [2.05, 4.69) is 6.92 Å². The van der Waals surface area contributed by atoms with Crippen molar-refractivity contribution in [2.24, 2.45) is 11.7 Å². The predicted octanol–water partition coefficient (Wildman–Crippen LogP) is 1.73. The van der Waals surface area contributed by atoms with Crippen molar-refractivity contribution in [1.82, 2.24) is 0 Å². The third-order valence-corrected chi connectivity index (χ3v) is 2.07. The zero-order valence-electron chi connectivity index (χ0n) is 7.60. The summed E-state index contributed by atoms with van der Waals surface area (Å²) in [7, 11) is 0. The molecule has 0 saturated carbocycles. The second-order valence-corrected chi connectivity index (χ2v) is 3.00. The van der Waals surface area contributed by atoms with E-state index in [4.69, 9.17) is 5.73 Å². The van der Waals surface area contributed by atoms with Gasteiger partial charge in [0.1, 0.15) is 5.78 Å². The van der Waals surface area contributed by atoms with Crippen LogP contribution in [0, 0.1) is 5.92 Å². The van der Waals surface area contributed by atoms with E-state index in [9.17, 15) is 4.79 Å². The van der Waals surface area contributed by atoms with Crippen LogP contribution in [0.3, 0.4) is 0 Å². The first-order chi connectivity index (χ1) is 5.22. The fourth-order valence-electron chi connectivity index (χ4n) is 1.23. The van der Waals surface area contributed by atoms with Crippen LogP contribution in [-0.4, -0.2) is 12.3 Å². The minimum atomic E-state index is 0.279. The first kappa shape index (κ1) is 10.6. The Morgan fingerprint density at radius 3 is 2.45 bits per heavy atom. The lowest BCUT2D eigenvalue weighted by molar-refractivity contribution is -0.121. The van der Waals surface area contributed by atoms with Crippen molar-refractivity contribution >= 4 is 5.78 Å². The molecule has 0 aliphatic heterocycles. The van der Waals surface area contributed by atoms with Crippen LogP contribution >= 0.6 is 0 Å². The molecule has 0 aliphatic rings. The number of hydrogen-bond acceptors (Lipinski definition) is 2. The Hall–Kier alpha value is -0.370. The van der Waals surface area contributed by atoms with Gasteiger partial charge in [-0.2, -0.15) is 0 Å². The van der Waals surface area contributed by atoms with Gasteiger partial charge >= 0.3 is 0 Å². The van der Waals surface area contributed by atoms with Crippen molar-refractivity contribution in [3.05, 3.63) is 0 Å². The van der Waals surface area contributed by atoms with Gasteiger partial charge < -0.3 is 5.73 Å². The fraction of sp³-hybridized carbons (Fsp3) is 0.889. The highest BCUT2D eigenvalue weighted by atomic mass is 16.1. The number of carbonyl (C=O) groups is 1. The summed E-state index contributed by atoms with van der Waals surface area (Å²) in [5.41, 5.74) is 5.35. The first-order valence-corrected chi connectivity index (χ1v) is 4.42. The topological polar surface area (TPSA) is 43.1 Å². The van der Waals surface area contributed by atoms with E-state index in [0.717, 1.165) is 32.2 Å². The van der Waals surface area contributed by atoms with Crippen molar-refractivity contribution in [2.45, 2.75) is 39.5 Å². The highest BCUT2D eigenvalue weighted by Gasteiger charge is 2.09. The molecule has 0 amide bonds. The summed E-state index contributed by atoms with van der Waals surface area (Å²) in [6.45, 7) is 4.49. The normalized spacial score (nSPS) is 13.0. The molecule has 2 N–H and O–H groups in total.